The predicted molar refractivity (Wildman–Crippen MR) is 139 cm³/mol. The molecular weight excluding hydrogens is 547 g/mol. The average Bonchev–Trinajstić information content (AvgIpc) is 3.37. The van der Waals surface area contributed by atoms with Crippen molar-refractivity contribution in [2.75, 3.05) is 13.2 Å². The van der Waals surface area contributed by atoms with E-state index in [9.17, 15) is 24.3 Å². The van der Waals surface area contributed by atoms with E-state index in [4.69, 9.17) is 4.74 Å². The number of aliphatic imine (C=N–C) groups is 1. The normalized spacial score (nSPS) is 14.5. The number of imide groups is 1. The molecule has 39 heavy (non-hydrogen) atoms. The minimum atomic E-state index is -1.36. The zero-order valence-corrected chi connectivity index (χ0v) is 21.9. The van der Waals surface area contributed by atoms with E-state index in [0.29, 0.717) is 22.5 Å². The summed E-state index contributed by atoms with van der Waals surface area (Å²) < 4.78 is 4.86. The summed E-state index contributed by atoms with van der Waals surface area (Å²) in [5.41, 5.74) is 1.84. The summed E-state index contributed by atoms with van der Waals surface area (Å²) in [5.74, 6) is -3.21. The molecule has 2 aromatic carbocycles. The van der Waals surface area contributed by atoms with Gasteiger partial charge in [0.15, 0.2) is 6.04 Å². The molecule has 1 aliphatic rings. The summed E-state index contributed by atoms with van der Waals surface area (Å²) >= 11 is 0. The Morgan fingerprint density at radius 1 is 1.05 bits per heavy atom. The summed E-state index contributed by atoms with van der Waals surface area (Å²) in [6.07, 6.45) is 0.476. The van der Waals surface area contributed by atoms with Crippen molar-refractivity contribution in [2.45, 2.75) is 25.3 Å². The van der Waals surface area contributed by atoms with Crippen LogP contribution in [0, 0.1) is 0 Å². The molecule has 3 amide bonds. The molecule has 1 fully saturated rings. The van der Waals surface area contributed by atoms with Crippen molar-refractivity contribution in [3.8, 4) is 0 Å². The van der Waals surface area contributed by atoms with E-state index in [1.165, 1.54) is 6.20 Å². The Morgan fingerprint density at radius 2 is 1.74 bits per heavy atom. The molecule has 1 aliphatic heterocycles. The van der Waals surface area contributed by atoms with Gasteiger partial charge in [-0.05, 0) is 30.2 Å². The zero-order valence-electron chi connectivity index (χ0n) is 20.9. The molecule has 4 rings (SSSR count). The number of carbonyl (C=O) groups is 4. The number of rotatable bonds is 9. The number of hydrogen-bond acceptors (Lipinski definition) is 7. The van der Waals surface area contributed by atoms with E-state index < -0.39 is 35.8 Å². The van der Waals surface area contributed by atoms with E-state index >= 15 is 0 Å². The number of nitrogens with zero attached hydrogens (tertiary/aromatic N) is 4. The number of aromatic nitrogens is 1. The van der Waals surface area contributed by atoms with Crippen LogP contribution in [0.25, 0.3) is 5.32 Å². The molecule has 1 saturated heterocycles. The van der Waals surface area contributed by atoms with Crippen LogP contribution in [0.15, 0.2) is 84.0 Å². The van der Waals surface area contributed by atoms with Gasteiger partial charge in [-0.3, -0.25) is 14.8 Å². The van der Waals surface area contributed by atoms with Crippen LogP contribution in [0.1, 0.15) is 40.9 Å². The number of amides is 3. The van der Waals surface area contributed by atoms with Crippen molar-refractivity contribution in [1.29, 1.82) is 0 Å². The van der Waals surface area contributed by atoms with E-state index in [2.05, 4.69) is 15.3 Å². The summed E-state index contributed by atoms with van der Waals surface area (Å²) in [5, 5.41) is 14.4. The largest absolute Gasteiger partial charge is 0.621 e. The number of carboxylic acids is 1. The quantitative estimate of drug-likeness (QED) is 0.297. The van der Waals surface area contributed by atoms with Crippen LogP contribution in [-0.2, 0) is 30.8 Å². The molecule has 2 heterocycles. The smallest absolute Gasteiger partial charge is 0.416 e. The maximum atomic E-state index is 13.0. The molecule has 0 spiro atoms. The first-order valence-corrected chi connectivity index (χ1v) is 11.9. The second kappa shape index (κ2) is 13.4. The van der Waals surface area contributed by atoms with E-state index in [-0.39, 0.29) is 41.8 Å². The number of para-hydroxylation sites is 1. The monoisotopic (exact) mass is 571 g/mol. The minimum Gasteiger partial charge on any atom is -0.621 e. The number of hydrogen-bond donors (Lipinski definition) is 1. The van der Waals surface area contributed by atoms with Crippen molar-refractivity contribution in [2.24, 2.45) is 4.99 Å². The van der Waals surface area contributed by atoms with E-state index in [1.54, 1.807) is 79.7 Å². The molecule has 2 atom stereocenters. The molecule has 0 unspecified atom stereocenters. The van der Waals surface area contributed by atoms with Crippen LogP contribution in [0.5, 0.6) is 0 Å². The van der Waals surface area contributed by atoms with Crippen molar-refractivity contribution in [3.63, 3.8) is 0 Å². The van der Waals surface area contributed by atoms with E-state index in [0.717, 1.165) is 4.90 Å². The molecule has 204 valence electrons. The molecule has 3 aromatic rings. The Bertz CT molecular complexity index is 1370. The predicted octanol–water partition coefficient (Wildman–Crippen LogP) is 4.34. The molecule has 0 bridgehead atoms. The zero-order chi connectivity index (χ0) is 27.1. The van der Waals surface area contributed by atoms with Crippen molar-refractivity contribution in [1.82, 2.24) is 9.88 Å². The van der Waals surface area contributed by atoms with Crippen LogP contribution < -0.4 is 0 Å². The second-order valence-corrected chi connectivity index (χ2v) is 8.53. The Labute approximate surface area is 235 Å². The SMILES string of the molecule is CC(=N[C@H](C(=O)O)[C@H](CC(=O)N1CCOC1=O)c1ccccc1)c1ccccc1[N-]C(=O)c1ccccn1.[Ni]. The third kappa shape index (κ3) is 7.14. The van der Waals surface area contributed by atoms with Crippen molar-refractivity contribution < 1.29 is 45.5 Å². The number of ether oxygens (including phenoxy) is 1. The number of benzene rings is 2. The van der Waals surface area contributed by atoms with Crippen molar-refractivity contribution >= 4 is 35.3 Å². The van der Waals surface area contributed by atoms with Crippen LogP contribution >= 0.6 is 0 Å². The maximum absolute atomic E-state index is 13.0. The Morgan fingerprint density at radius 3 is 2.38 bits per heavy atom. The van der Waals surface area contributed by atoms with Gasteiger partial charge in [-0.1, -0.05) is 60.7 Å². The van der Waals surface area contributed by atoms with Gasteiger partial charge < -0.3 is 20.0 Å². The fraction of sp³-hybridized carbons (Fsp3) is 0.214. The number of carbonyl (C=O) groups excluding carboxylic acids is 3. The Hall–Kier alpha value is -4.37. The molecular formula is C28H25N4NiO6-. The van der Waals surface area contributed by atoms with Gasteiger partial charge >= 0.3 is 12.1 Å². The fourth-order valence-corrected chi connectivity index (χ4v) is 4.16. The second-order valence-electron chi connectivity index (χ2n) is 8.53. The summed E-state index contributed by atoms with van der Waals surface area (Å²) in [7, 11) is 0. The van der Waals surface area contributed by atoms with Gasteiger partial charge in [0.25, 0.3) is 0 Å². The fourth-order valence-electron chi connectivity index (χ4n) is 4.16. The number of cyclic esters (lactones) is 1. The molecule has 0 radical (unpaired) electrons. The van der Waals surface area contributed by atoms with Crippen LogP contribution in [0.3, 0.4) is 0 Å². The first-order chi connectivity index (χ1) is 18.3. The van der Waals surface area contributed by atoms with Gasteiger partial charge in [0.1, 0.15) is 12.5 Å². The number of carboxylic acid groups (broad SMARTS) is 1. The van der Waals surface area contributed by atoms with Gasteiger partial charge in [0.05, 0.1) is 12.2 Å². The molecule has 11 heteroatoms. The topological polar surface area (TPSA) is 140 Å². The first kappa shape index (κ1) is 29.2. The summed E-state index contributed by atoms with van der Waals surface area (Å²) in [4.78, 5) is 59.5. The van der Waals surface area contributed by atoms with Crippen LogP contribution in [-0.4, -0.2) is 63.8 Å². The molecule has 10 nitrogen and oxygen atoms in total. The van der Waals surface area contributed by atoms with Gasteiger partial charge in [-0.2, -0.15) is 0 Å². The van der Waals surface area contributed by atoms with Gasteiger partial charge in [-0.25, -0.2) is 14.5 Å². The third-order valence-electron chi connectivity index (χ3n) is 6.05. The van der Waals surface area contributed by atoms with Gasteiger partial charge in [0.2, 0.25) is 5.91 Å². The standard InChI is InChI=1S/C28H26N4O6.Ni/c1-18(20-11-5-6-12-22(20)31-26(34)23-13-7-8-14-29-23)30-25(27(35)36)21(19-9-3-2-4-10-19)17-24(33)32-15-16-38-28(32)37;/h2-14,21,25H,15-17H2,1H3,(H2,30,31,34,35,36);/p-1/t21-,25+;/m1./s1. The summed E-state index contributed by atoms with van der Waals surface area (Å²) in [6, 6.07) is 19.0. The average molecular weight is 572 g/mol. The van der Waals surface area contributed by atoms with Crippen LogP contribution in [0.4, 0.5) is 10.5 Å². The Kier molecular flexibility index (Phi) is 10.1. The molecule has 1 N–H and O–H groups in total. The van der Waals surface area contributed by atoms with Gasteiger partial charge in [-0.15, -0.1) is 5.69 Å². The van der Waals surface area contributed by atoms with Gasteiger partial charge in [0, 0.05) is 40.7 Å². The summed E-state index contributed by atoms with van der Waals surface area (Å²) in [6.45, 7) is 1.83. The third-order valence-corrected chi connectivity index (χ3v) is 6.05. The maximum Gasteiger partial charge on any atom is 0.416 e. The van der Waals surface area contributed by atoms with Crippen molar-refractivity contribution in [3.05, 3.63) is 101 Å². The molecule has 0 saturated carbocycles. The molecule has 0 aliphatic carbocycles. The number of pyridine rings is 1. The first-order valence-electron chi connectivity index (χ1n) is 11.9. The van der Waals surface area contributed by atoms with E-state index in [1.807, 2.05) is 0 Å². The minimum absolute atomic E-state index is 0. The molecule has 1 aromatic heterocycles. The Balaban J connectivity index is 0.00000420. The number of aliphatic carboxylic acids is 1. The van der Waals surface area contributed by atoms with Crippen LogP contribution in [0.2, 0.25) is 0 Å².